The van der Waals surface area contributed by atoms with Crippen molar-refractivity contribution in [1.29, 1.82) is 0 Å². The van der Waals surface area contributed by atoms with Crippen molar-refractivity contribution in [3.63, 3.8) is 0 Å². The maximum atomic E-state index is 10.7. The fraction of sp³-hybridized carbons (Fsp3) is 0.333. The molecule has 0 spiro atoms. The molecule has 2 N–H and O–H groups in total. The standard InChI is InChI=1S/C12H13N5O2/c1-16-12(14-11(15-16)7-2-3-7)9-5-4-8(17(18)19)6-10(9)13/h4-7H,2-3,13H2,1H3. The summed E-state index contributed by atoms with van der Waals surface area (Å²) < 4.78 is 1.67. The van der Waals surface area contributed by atoms with Crippen LogP contribution in [0, 0.1) is 10.1 Å². The Bertz CT molecular complexity index is 660. The molecule has 1 saturated carbocycles. The molecule has 0 saturated heterocycles. The highest BCUT2D eigenvalue weighted by Gasteiger charge is 2.29. The minimum Gasteiger partial charge on any atom is -0.398 e. The van der Waals surface area contributed by atoms with Crippen molar-refractivity contribution in [2.75, 3.05) is 5.73 Å². The highest BCUT2D eigenvalue weighted by atomic mass is 16.6. The summed E-state index contributed by atoms with van der Waals surface area (Å²) >= 11 is 0. The lowest BCUT2D eigenvalue weighted by Crippen LogP contribution is -1.99. The number of nitrogens with zero attached hydrogens (tertiary/aromatic N) is 4. The topological polar surface area (TPSA) is 99.9 Å². The first kappa shape index (κ1) is 11.6. The van der Waals surface area contributed by atoms with Gasteiger partial charge in [0.1, 0.15) is 0 Å². The van der Waals surface area contributed by atoms with Gasteiger partial charge in [0.05, 0.1) is 4.92 Å². The first-order chi connectivity index (χ1) is 9.06. The zero-order valence-electron chi connectivity index (χ0n) is 10.4. The molecule has 2 aromatic rings. The zero-order valence-corrected chi connectivity index (χ0v) is 10.4. The molecule has 1 aliphatic rings. The molecule has 98 valence electrons. The van der Waals surface area contributed by atoms with Gasteiger partial charge in [-0.15, -0.1) is 0 Å². The van der Waals surface area contributed by atoms with Gasteiger partial charge >= 0.3 is 0 Å². The summed E-state index contributed by atoms with van der Waals surface area (Å²) in [6.45, 7) is 0. The van der Waals surface area contributed by atoms with E-state index in [4.69, 9.17) is 5.73 Å². The van der Waals surface area contributed by atoms with Crippen LogP contribution in [0.1, 0.15) is 24.6 Å². The Morgan fingerprint density at radius 3 is 2.79 bits per heavy atom. The highest BCUT2D eigenvalue weighted by molar-refractivity contribution is 5.74. The van der Waals surface area contributed by atoms with Gasteiger partial charge in [-0.25, -0.2) is 9.67 Å². The smallest absolute Gasteiger partial charge is 0.271 e. The fourth-order valence-corrected chi connectivity index (χ4v) is 2.02. The Morgan fingerprint density at radius 2 is 2.21 bits per heavy atom. The Kier molecular flexibility index (Phi) is 2.48. The molecule has 1 aromatic carbocycles. The Labute approximate surface area is 109 Å². The lowest BCUT2D eigenvalue weighted by Gasteiger charge is -2.03. The molecule has 7 nitrogen and oxygen atoms in total. The SMILES string of the molecule is Cn1nc(C2CC2)nc1-c1ccc([N+](=O)[O-])cc1N. The number of anilines is 1. The molecule has 0 unspecified atom stereocenters. The van der Waals surface area contributed by atoms with Gasteiger partial charge in [-0.2, -0.15) is 5.10 Å². The summed E-state index contributed by atoms with van der Waals surface area (Å²) in [6, 6.07) is 4.39. The molecule has 1 aliphatic carbocycles. The van der Waals surface area contributed by atoms with Gasteiger partial charge in [0.15, 0.2) is 11.6 Å². The highest BCUT2D eigenvalue weighted by Crippen LogP contribution is 2.39. The number of nitro groups is 1. The molecular formula is C12H13N5O2. The molecule has 19 heavy (non-hydrogen) atoms. The van der Waals surface area contributed by atoms with Gasteiger partial charge in [-0.05, 0) is 18.9 Å². The van der Waals surface area contributed by atoms with Crippen molar-refractivity contribution in [2.45, 2.75) is 18.8 Å². The number of non-ortho nitro benzene ring substituents is 1. The van der Waals surface area contributed by atoms with Crippen LogP contribution in [0.5, 0.6) is 0 Å². The van der Waals surface area contributed by atoms with E-state index in [2.05, 4.69) is 10.1 Å². The van der Waals surface area contributed by atoms with Crippen molar-refractivity contribution in [2.24, 2.45) is 7.05 Å². The van der Waals surface area contributed by atoms with Crippen molar-refractivity contribution in [1.82, 2.24) is 14.8 Å². The summed E-state index contributed by atoms with van der Waals surface area (Å²) in [7, 11) is 1.80. The lowest BCUT2D eigenvalue weighted by molar-refractivity contribution is -0.384. The van der Waals surface area contributed by atoms with Crippen LogP contribution in [0.4, 0.5) is 11.4 Å². The van der Waals surface area contributed by atoms with E-state index >= 15 is 0 Å². The van der Waals surface area contributed by atoms with E-state index < -0.39 is 4.92 Å². The predicted molar refractivity (Wildman–Crippen MR) is 69.5 cm³/mol. The Balaban J connectivity index is 2.03. The van der Waals surface area contributed by atoms with Crippen LogP contribution < -0.4 is 5.73 Å². The van der Waals surface area contributed by atoms with Gasteiger partial charge in [0, 0.05) is 36.3 Å². The van der Waals surface area contributed by atoms with E-state index in [9.17, 15) is 10.1 Å². The fourth-order valence-electron chi connectivity index (χ4n) is 2.02. The summed E-state index contributed by atoms with van der Waals surface area (Å²) in [4.78, 5) is 14.7. The van der Waals surface area contributed by atoms with E-state index in [-0.39, 0.29) is 5.69 Å². The van der Waals surface area contributed by atoms with Gasteiger partial charge in [-0.3, -0.25) is 10.1 Å². The molecule has 0 aliphatic heterocycles. The number of aromatic nitrogens is 3. The van der Waals surface area contributed by atoms with E-state index in [0.29, 0.717) is 23.0 Å². The Morgan fingerprint density at radius 1 is 1.47 bits per heavy atom. The third-order valence-corrected chi connectivity index (χ3v) is 3.21. The lowest BCUT2D eigenvalue weighted by atomic mass is 10.1. The largest absolute Gasteiger partial charge is 0.398 e. The minimum atomic E-state index is -0.466. The number of nitro benzene ring substituents is 1. The molecule has 0 atom stereocenters. The summed E-state index contributed by atoms with van der Waals surface area (Å²) in [6.07, 6.45) is 2.25. The summed E-state index contributed by atoms with van der Waals surface area (Å²) in [5.41, 5.74) is 6.87. The maximum Gasteiger partial charge on any atom is 0.271 e. The van der Waals surface area contributed by atoms with E-state index in [1.807, 2.05) is 0 Å². The zero-order chi connectivity index (χ0) is 13.6. The molecule has 7 heteroatoms. The molecule has 0 amide bonds. The third-order valence-electron chi connectivity index (χ3n) is 3.21. The van der Waals surface area contributed by atoms with E-state index in [1.165, 1.54) is 12.1 Å². The number of aryl methyl sites for hydroxylation is 1. The monoisotopic (exact) mass is 259 g/mol. The van der Waals surface area contributed by atoms with Crippen LogP contribution in [0.15, 0.2) is 18.2 Å². The van der Waals surface area contributed by atoms with Crippen LogP contribution >= 0.6 is 0 Å². The average molecular weight is 259 g/mol. The second-order valence-electron chi connectivity index (χ2n) is 4.72. The number of hydrogen-bond acceptors (Lipinski definition) is 5. The van der Waals surface area contributed by atoms with Gasteiger partial charge in [-0.1, -0.05) is 0 Å². The molecule has 0 bridgehead atoms. The molecule has 1 fully saturated rings. The molecule has 1 aromatic heterocycles. The Hall–Kier alpha value is -2.44. The van der Waals surface area contributed by atoms with Crippen molar-refractivity contribution in [3.05, 3.63) is 34.1 Å². The predicted octanol–water partition coefficient (Wildman–Crippen LogP) is 1.85. The third kappa shape index (κ3) is 2.03. The molecule has 3 rings (SSSR count). The first-order valence-corrected chi connectivity index (χ1v) is 6.01. The van der Waals surface area contributed by atoms with Crippen LogP contribution in [0.25, 0.3) is 11.4 Å². The van der Waals surface area contributed by atoms with E-state index in [1.54, 1.807) is 17.8 Å². The van der Waals surface area contributed by atoms with Crippen molar-refractivity contribution in [3.8, 4) is 11.4 Å². The summed E-state index contributed by atoms with van der Waals surface area (Å²) in [5, 5.41) is 15.1. The van der Waals surface area contributed by atoms with Gasteiger partial charge in [0.2, 0.25) is 0 Å². The van der Waals surface area contributed by atoms with Crippen LogP contribution in [0.3, 0.4) is 0 Å². The quantitative estimate of drug-likeness (QED) is 0.515. The molecule has 1 heterocycles. The number of nitrogen functional groups attached to an aromatic ring is 1. The number of nitrogens with two attached hydrogens (primary N) is 1. The number of benzene rings is 1. The molecular weight excluding hydrogens is 246 g/mol. The maximum absolute atomic E-state index is 10.7. The average Bonchev–Trinajstić information content (AvgIpc) is 3.13. The summed E-state index contributed by atoms with van der Waals surface area (Å²) in [5.74, 6) is 1.93. The van der Waals surface area contributed by atoms with Gasteiger partial charge < -0.3 is 5.73 Å². The van der Waals surface area contributed by atoms with Gasteiger partial charge in [0.25, 0.3) is 5.69 Å². The second kappa shape index (κ2) is 4.04. The van der Waals surface area contributed by atoms with Crippen LogP contribution in [-0.4, -0.2) is 19.7 Å². The van der Waals surface area contributed by atoms with Crippen molar-refractivity contribution >= 4 is 11.4 Å². The number of hydrogen-bond donors (Lipinski definition) is 1. The normalized spacial score (nSPS) is 14.6. The van der Waals surface area contributed by atoms with Crippen LogP contribution in [-0.2, 0) is 7.05 Å². The minimum absolute atomic E-state index is 0.0224. The van der Waals surface area contributed by atoms with E-state index in [0.717, 1.165) is 18.7 Å². The van der Waals surface area contributed by atoms with Crippen LogP contribution in [0.2, 0.25) is 0 Å². The first-order valence-electron chi connectivity index (χ1n) is 6.01. The molecule has 0 radical (unpaired) electrons. The number of rotatable bonds is 3. The van der Waals surface area contributed by atoms with Crippen molar-refractivity contribution < 1.29 is 4.92 Å². The second-order valence-corrected chi connectivity index (χ2v) is 4.72.